The average molecular weight is 267 g/mol. The van der Waals surface area contributed by atoms with Gasteiger partial charge in [0.25, 0.3) is 5.09 Å². The number of benzene rings is 1. The van der Waals surface area contributed by atoms with Gasteiger partial charge < -0.3 is 15.7 Å². The normalized spacial score (nSPS) is 16.3. The minimum atomic E-state index is -1.50. The van der Waals surface area contributed by atoms with Crippen LogP contribution in [0.3, 0.4) is 0 Å². The Morgan fingerprint density at radius 3 is 2.47 bits per heavy atom. The highest BCUT2D eigenvalue weighted by molar-refractivity contribution is 5.79. The lowest BCUT2D eigenvalue weighted by atomic mass is 10.1. The van der Waals surface area contributed by atoms with E-state index in [1.54, 1.807) is 7.11 Å². The van der Waals surface area contributed by atoms with Crippen molar-refractivity contribution in [2.75, 3.05) is 7.11 Å². The van der Waals surface area contributed by atoms with Crippen LogP contribution in [0.1, 0.15) is 5.56 Å². The molecular formula is C10H13N5O4. The highest BCUT2D eigenvalue weighted by Crippen LogP contribution is 2.15. The van der Waals surface area contributed by atoms with Crippen LogP contribution in [0, 0.1) is 10.1 Å². The molecule has 19 heavy (non-hydrogen) atoms. The molecule has 2 rings (SSSR count). The second-order valence-corrected chi connectivity index (χ2v) is 3.47. The summed E-state index contributed by atoms with van der Waals surface area (Å²) in [5.41, 5.74) is 6.53. The first-order valence-corrected chi connectivity index (χ1v) is 5.21. The van der Waals surface area contributed by atoms with E-state index in [0.717, 1.165) is 11.3 Å². The molecule has 0 aliphatic carbocycles. The molecule has 0 spiro atoms. The zero-order valence-electron chi connectivity index (χ0n) is 10.1. The first-order valence-electron chi connectivity index (χ1n) is 5.21. The summed E-state index contributed by atoms with van der Waals surface area (Å²) in [6.45, 7) is 0. The fraction of sp³-hybridized carbons (Fsp3) is 0.300. The van der Waals surface area contributed by atoms with Crippen molar-refractivity contribution in [1.82, 2.24) is 0 Å². The SMILES string of the molecule is COc1ccc(CC2N=NC(N)=N2)cc1.O=[N+]([O-])O. The first-order chi connectivity index (χ1) is 9.01. The van der Waals surface area contributed by atoms with E-state index >= 15 is 0 Å². The van der Waals surface area contributed by atoms with E-state index in [9.17, 15) is 0 Å². The van der Waals surface area contributed by atoms with E-state index in [1.807, 2.05) is 24.3 Å². The maximum absolute atomic E-state index is 8.36. The van der Waals surface area contributed by atoms with Crippen LogP contribution < -0.4 is 10.5 Å². The van der Waals surface area contributed by atoms with E-state index in [-0.39, 0.29) is 12.1 Å². The van der Waals surface area contributed by atoms with Crippen molar-refractivity contribution in [2.45, 2.75) is 12.6 Å². The number of ether oxygens (including phenoxy) is 1. The minimum absolute atomic E-state index is 0.168. The van der Waals surface area contributed by atoms with Crippen LogP contribution in [-0.4, -0.2) is 29.5 Å². The fourth-order valence-corrected chi connectivity index (χ4v) is 1.39. The second-order valence-electron chi connectivity index (χ2n) is 3.47. The Morgan fingerprint density at radius 1 is 1.47 bits per heavy atom. The summed E-state index contributed by atoms with van der Waals surface area (Å²) >= 11 is 0. The number of hydrogen-bond donors (Lipinski definition) is 2. The lowest BCUT2D eigenvalue weighted by molar-refractivity contribution is -0.742. The molecule has 9 heteroatoms. The molecule has 0 aromatic heterocycles. The van der Waals surface area contributed by atoms with Gasteiger partial charge in [-0.1, -0.05) is 12.1 Å². The molecule has 1 aromatic rings. The van der Waals surface area contributed by atoms with Crippen molar-refractivity contribution >= 4 is 5.96 Å². The quantitative estimate of drug-likeness (QED) is 0.621. The molecule has 0 radical (unpaired) electrons. The maximum Gasteiger partial charge on any atom is 0.291 e. The molecule has 1 unspecified atom stereocenters. The molecule has 0 amide bonds. The molecule has 0 saturated carbocycles. The van der Waals surface area contributed by atoms with Gasteiger partial charge in [-0.15, -0.1) is 15.2 Å². The van der Waals surface area contributed by atoms with Crippen LogP contribution in [0.2, 0.25) is 0 Å². The van der Waals surface area contributed by atoms with Crippen molar-refractivity contribution in [3.8, 4) is 5.75 Å². The second kappa shape index (κ2) is 6.89. The number of hydrogen-bond acceptors (Lipinski definition) is 7. The van der Waals surface area contributed by atoms with Gasteiger partial charge >= 0.3 is 0 Å². The Hall–Kier alpha value is -2.71. The van der Waals surface area contributed by atoms with E-state index in [0.29, 0.717) is 6.42 Å². The van der Waals surface area contributed by atoms with Gasteiger partial charge in [-0.2, -0.15) is 5.11 Å². The predicted octanol–water partition coefficient (Wildman–Crippen LogP) is 0.997. The molecule has 1 heterocycles. The number of methoxy groups -OCH3 is 1. The molecule has 1 aromatic carbocycles. The van der Waals surface area contributed by atoms with Gasteiger partial charge in [-0.05, 0) is 17.7 Å². The summed E-state index contributed by atoms with van der Waals surface area (Å²) < 4.78 is 5.07. The number of rotatable bonds is 3. The van der Waals surface area contributed by atoms with Gasteiger partial charge in [0, 0.05) is 6.42 Å². The van der Waals surface area contributed by atoms with E-state index < -0.39 is 5.09 Å². The smallest absolute Gasteiger partial charge is 0.291 e. The summed E-state index contributed by atoms with van der Waals surface area (Å²) in [5, 5.41) is 21.2. The van der Waals surface area contributed by atoms with Crippen LogP contribution in [0.5, 0.6) is 5.75 Å². The van der Waals surface area contributed by atoms with Crippen LogP contribution in [-0.2, 0) is 6.42 Å². The Balaban J connectivity index is 0.000000399. The van der Waals surface area contributed by atoms with Gasteiger partial charge in [-0.25, -0.2) is 4.99 Å². The third-order valence-corrected chi connectivity index (χ3v) is 2.15. The minimum Gasteiger partial charge on any atom is -0.497 e. The number of aliphatic imine (C=N–C) groups is 1. The van der Waals surface area contributed by atoms with Crippen molar-refractivity contribution in [1.29, 1.82) is 0 Å². The van der Waals surface area contributed by atoms with Crippen LogP contribution in [0.25, 0.3) is 0 Å². The third-order valence-electron chi connectivity index (χ3n) is 2.15. The Morgan fingerprint density at radius 2 is 2.05 bits per heavy atom. The molecule has 3 N–H and O–H groups in total. The summed E-state index contributed by atoms with van der Waals surface area (Å²) in [5.74, 6) is 1.10. The van der Waals surface area contributed by atoms with E-state index in [4.69, 9.17) is 25.8 Å². The number of nitrogens with zero attached hydrogens (tertiary/aromatic N) is 4. The molecule has 0 saturated heterocycles. The molecule has 0 fully saturated rings. The zero-order valence-corrected chi connectivity index (χ0v) is 10.1. The topological polar surface area (TPSA) is 136 Å². The largest absolute Gasteiger partial charge is 0.497 e. The maximum atomic E-state index is 8.36. The average Bonchev–Trinajstić information content (AvgIpc) is 2.75. The van der Waals surface area contributed by atoms with Gasteiger partial charge in [-0.3, -0.25) is 0 Å². The lowest BCUT2D eigenvalue weighted by Gasteiger charge is -2.04. The van der Waals surface area contributed by atoms with Crippen LogP contribution >= 0.6 is 0 Å². The van der Waals surface area contributed by atoms with Crippen molar-refractivity contribution in [3.63, 3.8) is 0 Å². The summed E-state index contributed by atoms with van der Waals surface area (Å²) in [7, 11) is 1.64. The Bertz CT molecular complexity index is 481. The van der Waals surface area contributed by atoms with Gasteiger partial charge in [0.15, 0.2) is 6.17 Å². The lowest BCUT2D eigenvalue weighted by Crippen LogP contribution is -2.07. The zero-order chi connectivity index (χ0) is 14.3. The van der Waals surface area contributed by atoms with Crippen molar-refractivity contribution in [2.24, 2.45) is 21.0 Å². The van der Waals surface area contributed by atoms with Crippen LogP contribution in [0.4, 0.5) is 0 Å². The Kier molecular flexibility index (Phi) is 5.20. The van der Waals surface area contributed by atoms with Gasteiger partial charge in [0.2, 0.25) is 5.96 Å². The molecule has 1 atom stereocenters. The molecule has 9 nitrogen and oxygen atoms in total. The highest BCUT2D eigenvalue weighted by Gasteiger charge is 2.12. The standard InChI is InChI=1S/C10H12N4O.HNO3/c1-15-8-4-2-7(3-5-8)6-9-12-10(11)14-13-9;2-1(3)4/h2-5,9H,6H2,1H3,(H2,11,12);(H,2,3,4). The third kappa shape index (κ3) is 5.44. The number of azo groups is 1. The molecule has 1 aliphatic rings. The summed E-state index contributed by atoms with van der Waals surface area (Å²) in [6, 6.07) is 7.79. The molecular weight excluding hydrogens is 254 g/mol. The van der Waals surface area contributed by atoms with Crippen molar-refractivity contribution in [3.05, 3.63) is 39.9 Å². The summed E-state index contributed by atoms with van der Waals surface area (Å²) in [4.78, 5) is 12.4. The first kappa shape index (κ1) is 14.4. The number of guanidine groups is 1. The van der Waals surface area contributed by atoms with E-state index in [1.165, 1.54) is 0 Å². The predicted molar refractivity (Wildman–Crippen MR) is 65.7 cm³/mol. The molecule has 0 bridgehead atoms. The van der Waals surface area contributed by atoms with Gasteiger partial charge in [0.05, 0.1) is 7.11 Å². The van der Waals surface area contributed by atoms with Gasteiger partial charge in [0.1, 0.15) is 5.75 Å². The number of nitrogens with two attached hydrogens (primary N) is 1. The highest BCUT2D eigenvalue weighted by atomic mass is 16.9. The van der Waals surface area contributed by atoms with E-state index in [2.05, 4.69) is 15.2 Å². The molecule has 102 valence electrons. The van der Waals surface area contributed by atoms with Crippen LogP contribution in [0.15, 0.2) is 39.5 Å². The fourth-order valence-electron chi connectivity index (χ4n) is 1.39. The Labute approximate surface area is 108 Å². The summed E-state index contributed by atoms with van der Waals surface area (Å²) in [6.07, 6.45) is 0.548. The monoisotopic (exact) mass is 267 g/mol. The molecule has 1 aliphatic heterocycles. The van der Waals surface area contributed by atoms with Crippen molar-refractivity contribution < 1.29 is 15.0 Å².